The molecule has 0 saturated heterocycles. The number of hydrogen-bond donors (Lipinski definition) is 1. The van der Waals surface area contributed by atoms with Gasteiger partial charge in [0.2, 0.25) is 5.89 Å². The summed E-state index contributed by atoms with van der Waals surface area (Å²) in [5, 5.41) is 3.20. The summed E-state index contributed by atoms with van der Waals surface area (Å²) < 4.78 is 31.9. The lowest BCUT2D eigenvalue weighted by molar-refractivity contribution is -0.149. The maximum atomic E-state index is 15.6. The Morgan fingerprint density at radius 1 is 1.19 bits per heavy atom. The van der Waals surface area contributed by atoms with Crippen LogP contribution in [0.5, 0.6) is 0 Å². The number of halogens is 2. The molecule has 0 unspecified atom stereocenters. The van der Waals surface area contributed by atoms with Crippen LogP contribution >= 0.6 is 23.4 Å². The molecule has 42 heavy (non-hydrogen) atoms. The maximum absolute atomic E-state index is 15.6. The Balaban J connectivity index is 1.74. The fraction of sp³-hybridized carbons (Fsp3) is 0.400. The molecule has 2 amide bonds. The van der Waals surface area contributed by atoms with E-state index in [0.29, 0.717) is 15.6 Å². The first-order valence-corrected chi connectivity index (χ1v) is 14.7. The lowest BCUT2D eigenvalue weighted by Crippen LogP contribution is -2.50. The number of oxazole rings is 1. The first-order chi connectivity index (χ1) is 19.7. The number of carbonyl (C=O) groups is 3. The van der Waals surface area contributed by atoms with Gasteiger partial charge in [0.25, 0.3) is 5.91 Å². The first kappa shape index (κ1) is 31.4. The molecule has 3 aromatic rings. The molecule has 0 fully saturated rings. The van der Waals surface area contributed by atoms with Gasteiger partial charge in [0.15, 0.2) is 0 Å². The van der Waals surface area contributed by atoms with Crippen molar-refractivity contribution in [1.82, 2.24) is 10.3 Å². The van der Waals surface area contributed by atoms with E-state index in [4.69, 9.17) is 25.5 Å². The number of nitrogens with zero attached hydrogens (tertiary/aromatic N) is 2. The molecular formula is C30H33ClFN3O6S. The smallest absolute Gasteiger partial charge is 0.408 e. The van der Waals surface area contributed by atoms with Crippen molar-refractivity contribution in [2.75, 3.05) is 17.3 Å². The van der Waals surface area contributed by atoms with Crippen LogP contribution in [-0.2, 0) is 31.0 Å². The number of rotatable bonds is 7. The summed E-state index contributed by atoms with van der Waals surface area (Å²) in [6.45, 7) is 10.5. The summed E-state index contributed by atoms with van der Waals surface area (Å²) in [6.07, 6.45) is 0.631. The third-order valence-corrected chi connectivity index (χ3v) is 7.78. The van der Waals surface area contributed by atoms with Crippen molar-refractivity contribution in [2.24, 2.45) is 0 Å². The van der Waals surface area contributed by atoms with E-state index in [0.717, 1.165) is 5.56 Å². The van der Waals surface area contributed by atoms with Crippen molar-refractivity contribution in [1.29, 1.82) is 0 Å². The van der Waals surface area contributed by atoms with Crippen LogP contribution in [0.1, 0.15) is 52.9 Å². The third kappa shape index (κ3) is 7.07. The van der Waals surface area contributed by atoms with E-state index in [2.05, 4.69) is 10.3 Å². The molecule has 1 N–H and O–H groups in total. The molecular weight excluding hydrogens is 585 g/mol. The molecule has 12 heteroatoms. The largest absolute Gasteiger partial charge is 0.465 e. The third-order valence-electron chi connectivity index (χ3n) is 6.39. The van der Waals surface area contributed by atoms with Crippen LogP contribution in [0, 0.1) is 5.82 Å². The van der Waals surface area contributed by atoms with Gasteiger partial charge in [0.1, 0.15) is 28.6 Å². The van der Waals surface area contributed by atoms with Crippen molar-refractivity contribution >= 4 is 47.0 Å². The molecule has 0 aliphatic carbocycles. The van der Waals surface area contributed by atoms with Crippen LogP contribution in [-0.4, -0.2) is 47.0 Å². The van der Waals surface area contributed by atoms with Crippen LogP contribution in [0.3, 0.4) is 0 Å². The van der Waals surface area contributed by atoms with Crippen LogP contribution in [0.4, 0.5) is 14.9 Å². The molecule has 1 aliphatic heterocycles. The highest BCUT2D eigenvalue weighted by atomic mass is 35.5. The number of carbonyl (C=O) groups excluding carboxylic acids is 3. The van der Waals surface area contributed by atoms with Gasteiger partial charge < -0.3 is 24.1 Å². The number of aromatic nitrogens is 1. The Morgan fingerprint density at radius 2 is 1.88 bits per heavy atom. The second-order valence-electron chi connectivity index (χ2n) is 11.2. The van der Waals surface area contributed by atoms with Gasteiger partial charge >= 0.3 is 12.1 Å². The zero-order valence-electron chi connectivity index (χ0n) is 24.2. The predicted molar refractivity (Wildman–Crippen MR) is 158 cm³/mol. The van der Waals surface area contributed by atoms with Crippen molar-refractivity contribution in [2.45, 2.75) is 70.0 Å². The topological polar surface area (TPSA) is 111 Å². The lowest BCUT2D eigenvalue weighted by atomic mass is 9.91. The van der Waals surface area contributed by atoms with Crippen LogP contribution < -0.4 is 10.2 Å². The molecule has 1 aliphatic rings. The van der Waals surface area contributed by atoms with E-state index < -0.39 is 40.8 Å². The summed E-state index contributed by atoms with van der Waals surface area (Å²) in [5.74, 6) is -1.24. The van der Waals surface area contributed by atoms with Gasteiger partial charge in [-0.25, -0.2) is 14.2 Å². The summed E-state index contributed by atoms with van der Waals surface area (Å²) in [5.41, 5.74) is -0.730. The summed E-state index contributed by atoms with van der Waals surface area (Å²) in [4.78, 5) is 45.2. The molecule has 2 aromatic carbocycles. The van der Waals surface area contributed by atoms with E-state index in [1.54, 1.807) is 65.8 Å². The molecule has 0 bridgehead atoms. The standard InChI is InChI=1S/C30H33ClFN3O6S/c1-7-39-27(37)30(5,6)24-14-33-25(40-24)19-12-22-23(13-20(19)32)42-16-21(34-28(38)41-29(2,3)4)26(36)35(22)15-17-8-10-18(31)11-9-17/h8-14,21H,7,15-16H2,1-6H3,(H,34,38)/t21-/m0/s1. The fourth-order valence-corrected chi connectivity index (χ4v) is 5.38. The van der Waals surface area contributed by atoms with E-state index in [1.165, 1.54) is 35.0 Å². The molecule has 2 heterocycles. The number of alkyl carbamates (subject to hydrolysis) is 1. The monoisotopic (exact) mass is 617 g/mol. The van der Waals surface area contributed by atoms with Crippen LogP contribution in [0.2, 0.25) is 5.02 Å². The Bertz CT molecular complexity index is 1490. The molecule has 9 nitrogen and oxygen atoms in total. The zero-order valence-corrected chi connectivity index (χ0v) is 25.8. The number of esters is 1. The van der Waals surface area contributed by atoms with Crippen molar-refractivity contribution < 1.29 is 32.7 Å². The average molecular weight is 618 g/mol. The second kappa shape index (κ2) is 12.3. The number of thioether (sulfide) groups is 1. The SMILES string of the molecule is CCOC(=O)C(C)(C)c1cnc(-c2cc3c(cc2F)SC[C@H](NC(=O)OC(C)(C)C)C(=O)N3Cc2ccc(Cl)cc2)o1. The highest BCUT2D eigenvalue weighted by Gasteiger charge is 2.37. The molecule has 1 atom stereocenters. The van der Waals surface area contributed by atoms with Gasteiger partial charge in [-0.2, -0.15) is 0 Å². The van der Waals surface area contributed by atoms with Gasteiger partial charge in [0.05, 0.1) is 30.6 Å². The van der Waals surface area contributed by atoms with E-state index in [1.807, 2.05) is 0 Å². The second-order valence-corrected chi connectivity index (χ2v) is 12.7. The number of amides is 2. The van der Waals surface area contributed by atoms with E-state index in [-0.39, 0.29) is 36.1 Å². The number of ether oxygens (including phenoxy) is 2. The zero-order chi connectivity index (χ0) is 30.8. The normalized spacial score (nSPS) is 15.6. The Labute approximate surface area is 253 Å². The summed E-state index contributed by atoms with van der Waals surface area (Å²) in [7, 11) is 0. The molecule has 4 rings (SSSR count). The quantitative estimate of drug-likeness (QED) is 0.299. The Hall–Kier alpha value is -3.57. The molecule has 0 saturated carbocycles. The molecule has 0 radical (unpaired) electrons. The highest BCUT2D eigenvalue weighted by molar-refractivity contribution is 7.99. The van der Waals surface area contributed by atoms with Gasteiger partial charge in [-0.05, 0) is 71.4 Å². The summed E-state index contributed by atoms with van der Waals surface area (Å²) >= 11 is 7.30. The van der Waals surface area contributed by atoms with E-state index >= 15 is 4.39 Å². The van der Waals surface area contributed by atoms with Crippen molar-refractivity contribution in [3.8, 4) is 11.5 Å². The number of hydrogen-bond acceptors (Lipinski definition) is 8. The number of anilines is 1. The van der Waals surface area contributed by atoms with Gasteiger partial charge in [-0.1, -0.05) is 23.7 Å². The van der Waals surface area contributed by atoms with Crippen molar-refractivity contribution in [3.63, 3.8) is 0 Å². The minimum Gasteiger partial charge on any atom is -0.465 e. The minimum atomic E-state index is -1.16. The Kier molecular flexibility index (Phi) is 9.22. The number of benzene rings is 2. The van der Waals surface area contributed by atoms with Crippen molar-refractivity contribution in [3.05, 3.63) is 64.8 Å². The van der Waals surface area contributed by atoms with Crippen LogP contribution in [0.25, 0.3) is 11.5 Å². The fourth-order valence-electron chi connectivity index (χ4n) is 4.17. The summed E-state index contributed by atoms with van der Waals surface area (Å²) in [6, 6.07) is 8.84. The van der Waals surface area contributed by atoms with Crippen LogP contribution in [0.15, 0.2) is 51.9 Å². The molecule has 1 aromatic heterocycles. The van der Waals surface area contributed by atoms with Gasteiger partial charge in [-0.15, -0.1) is 11.8 Å². The van der Waals surface area contributed by atoms with Gasteiger partial charge in [-0.3, -0.25) is 9.59 Å². The predicted octanol–water partition coefficient (Wildman–Crippen LogP) is 6.51. The lowest BCUT2D eigenvalue weighted by Gasteiger charge is -2.27. The Morgan fingerprint density at radius 3 is 2.52 bits per heavy atom. The average Bonchev–Trinajstić information content (AvgIpc) is 3.37. The van der Waals surface area contributed by atoms with Gasteiger partial charge in [0, 0.05) is 15.7 Å². The first-order valence-electron chi connectivity index (χ1n) is 13.3. The molecule has 224 valence electrons. The number of nitrogens with one attached hydrogen (secondary N) is 1. The minimum absolute atomic E-state index is 0.00714. The maximum Gasteiger partial charge on any atom is 0.408 e. The molecule has 0 spiro atoms. The number of fused-ring (bicyclic) bond motifs is 1. The van der Waals surface area contributed by atoms with E-state index in [9.17, 15) is 14.4 Å². The highest BCUT2D eigenvalue weighted by Crippen LogP contribution is 2.40.